The van der Waals surface area contributed by atoms with Crippen molar-refractivity contribution in [2.24, 2.45) is 16.0 Å². The molecule has 1 aromatic carbocycles. The van der Waals surface area contributed by atoms with Crippen molar-refractivity contribution in [3.63, 3.8) is 0 Å². The van der Waals surface area contributed by atoms with Gasteiger partial charge >= 0.3 is 0 Å². The van der Waals surface area contributed by atoms with E-state index >= 15 is 0 Å². The van der Waals surface area contributed by atoms with Gasteiger partial charge in [0, 0.05) is 24.1 Å². The number of nitrogens with one attached hydrogen (secondary N) is 1. The number of carbonyl (C=O) groups is 1. The van der Waals surface area contributed by atoms with E-state index in [2.05, 4.69) is 23.9 Å². The smallest absolute Gasteiger partial charge is 0.283 e. The molecular weight excluding hydrogens is 406 g/mol. The molecule has 0 atom stereocenters. The summed E-state index contributed by atoms with van der Waals surface area (Å²) >= 11 is 1.31. The molecule has 152 valence electrons. The van der Waals surface area contributed by atoms with E-state index in [9.17, 15) is 14.9 Å². The summed E-state index contributed by atoms with van der Waals surface area (Å²) in [7, 11) is 0. The van der Waals surface area contributed by atoms with E-state index in [1.165, 1.54) is 35.0 Å². The summed E-state index contributed by atoms with van der Waals surface area (Å²) < 4.78 is 5.75. The largest absolute Gasteiger partial charge is 0.457 e. The number of hydrogen-bond donors (Lipinski definition) is 1. The van der Waals surface area contributed by atoms with Gasteiger partial charge in [0.25, 0.3) is 11.6 Å². The summed E-state index contributed by atoms with van der Waals surface area (Å²) in [5, 5.41) is 26.2. The van der Waals surface area contributed by atoms with E-state index in [4.69, 9.17) is 9.83 Å². The standard InChI is InChI=1S/C20H17N5O4S/c1-11(2)9-17-23-24-18(21)15(19(26)22-20(24)30-17)10-14-7-8-16(29-14)12-3-5-13(6-4-12)25(27)28/h3-8,10-11,21H,9H2,1-2H3/b15-10-,21-18?. The number of thioether (sulfide) groups is 1. The average molecular weight is 423 g/mol. The van der Waals surface area contributed by atoms with Gasteiger partial charge in [-0.05, 0) is 48.0 Å². The molecule has 1 aromatic heterocycles. The van der Waals surface area contributed by atoms with Crippen LogP contribution in [0, 0.1) is 21.4 Å². The van der Waals surface area contributed by atoms with Crippen LogP contribution >= 0.6 is 11.8 Å². The minimum Gasteiger partial charge on any atom is -0.457 e. The molecule has 0 radical (unpaired) electrons. The number of aliphatic imine (C=N–C) groups is 1. The summed E-state index contributed by atoms with van der Waals surface area (Å²) in [6.07, 6.45) is 2.21. The molecule has 2 aliphatic rings. The first-order chi connectivity index (χ1) is 14.3. The second-order valence-electron chi connectivity index (χ2n) is 7.12. The van der Waals surface area contributed by atoms with Crippen LogP contribution in [0.4, 0.5) is 5.69 Å². The summed E-state index contributed by atoms with van der Waals surface area (Å²) in [4.78, 5) is 26.8. The fourth-order valence-electron chi connectivity index (χ4n) is 2.94. The predicted molar refractivity (Wildman–Crippen MR) is 115 cm³/mol. The number of nitrogens with zero attached hydrogens (tertiary/aromatic N) is 4. The number of non-ortho nitro benzene ring substituents is 1. The van der Waals surface area contributed by atoms with Crippen molar-refractivity contribution in [2.75, 3.05) is 0 Å². The van der Waals surface area contributed by atoms with Crippen LogP contribution in [0.2, 0.25) is 0 Å². The lowest BCUT2D eigenvalue weighted by atomic mass is 10.1. The Hall–Kier alpha value is -3.53. The topological polar surface area (TPSA) is 125 Å². The average Bonchev–Trinajstić information content (AvgIpc) is 3.31. The third-order valence-corrected chi connectivity index (χ3v) is 5.29. The van der Waals surface area contributed by atoms with Crippen LogP contribution in [0.5, 0.6) is 0 Å². The number of carbonyl (C=O) groups excluding carboxylic acids is 1. The minimum atomic E-state index is -0.520. The Bertz CT molecular complexity index is 1140. The van der Waals surface area contributed by atoms with Crippen LogP contribution in [0.1, 0.15) is 26.0 Å². The van der Waals surface area contributed by atoms with Crippen LogP contribution < -0.4 is 0 Å². The molecule has 0 saturated heterocycles. The number of furan rings is 1. The number of nitro groups is 1. The number of amides is 1. The summed E-state index contributed by atoms with van der Waals surface area (Å²) in [5.74, 6) is 0.690. The number of hydrazone groups is 1. The highest BCUT2D eigenvalue weighted by Crippen LogP contribution is 2.31. The first kappa shape index (κ1) is 19.8. The van der Waals surface area contributed by atoms with Crippen LogP contribution in [0.25, 0.3) is 17.4 Å². The first-order valence-electron chi connectivity index (χ1n) is 9.15. The molecule has 9 nitrogen and oxygen atoms in total. The Balaban J connectivity index is 1.58. The molecular formula is C20H17N5O4S. The van der Waals surface area contributed by atoms with Crippen molar-refractivity contribution in [1.29, 1.82) is 5.41 Å². The molecule has 2 aromatic rings. The molecule has 0 fully saturated rings. The van der Waals surface area contributed by atoms with Gasteiger partial charge in [0.2, 0.25) is 5.17 Å². The number of hydrogen-bond acceptors (Lipinski definition) is 7. The van der Waals surface area contributed by atoms with Crippen molar-refractivity contribution in [3.05, 3.63) is 57.8 Å². The Kier molecular flexibility index (Phi) is 5.08. The molecule has 3 heterocycles. The molecule has 0 bridgehead atoms. The van der Waals surface area contributed by atoms with E-state index in [1.54, 1.807) is 24.3 Å². The predicted octanol–water partition coefficient (Wildman–Crippen LogP) is 4.52. The second kappa shape index (κ2) is 7.71. The van der Waals surface area contributed by atoms with Gasteiger partial charge in [-0.15, -0.1) is 0 Å². The zero-order valence-electron chi connectivity index (χ0n) is 16.2. The number of rotatable bonds is 5. The Morgan fingerprint density at radius 2 is 2.00 bits per heavy atom. The maximum atomic E-state index is 12.5. The van der Waals surface area contributed by atoms with Gasteiger partial charge in [-0.2, -0.15) is 15.1 Å². The monoisotopic (exact) mass is 423 g/mol. The van der Waals surface area contributed by atoms with Crippen molar-refractivity contribution < 1.29 is 14.1 Å². The van der Waals surface area contributed by atoms with Gasteiger partial charge in [0.15, 0.2) is 5.84 Å². The maximum Gasteiger partial charge on any atom is 0.283 e. The highest BCUT2D eigenvalue weighted by molar-refractivity contribution is 8.26. The molecule has 0 spiro atoms. The van der Waals surface area contributed by atoms with Gasteiger partial charge in [0.05, 0.1) is 10.5 Å². The third kappa shape index (κ3) is 3.81. The maximum absolute atomic E-state index is 12.5. The highest BCUT2D eigenvalue weighted by atomic mass is 32.2. The van der Waals surface area contributed by atoms with Crippen LogP contribution in [0.15, 0.2) is 56.5 Å². The van der Waals surface area contributed by atoms with E-state index in [0.29, 0.717) is 28.2 Å². The van der Waals surface area contributed by atoms with Crippen LogP contribution in [0.3, 0.4) is 0 Å². The summed E-state index contributed by atoms with van der Waals surface area (Å²) in [6.45, 7) is 4.15. The number of fused-ring (bicyclic) bond motifs is 1. The highest BCUT2D eigenvalue weighted by Gasteiger charge is 2.35. The van der Waals surface area contributed by atoms with Gasteiger partial charge in [-0.1, -0.05) is 13.8 Å². The quantitative estimate of drug-likeness (QED) is 0.428. The van der Waals surface area contributed by atoms with E-state index in [-0.39, 0.29) is 17.1 Å². The number of benzene rings is 1. The van der Waals surface area contributed by atoms with E-state index in [1.807, 2.05) is 0 Å². The third-order valence-electron chi connectivity index (χ3n) is 4.36. The van der Waals surface area contributed by atoms with Crippen molar-refractivity contribution in [3.8, 4) is 11.3 Å². The van der Waals surface area contributed by atoms with E-state index < -0.39 is 10.8 Å². The summed E-state index contributed by atoms with van der Waals surface area (Å²) in [5.41, 5.74) is 0.733. The summed E-state index contributed by atoms with van der Waals surface area (Å²) in [6, 6.07) is 9.32. The van der Waals surface area contributed by atoms with E-state index in [0.717, 1.165) is 11.5 Å². The zero-order valence-corrected chi connectivity index (χ0v) is 17.0. The van der Waals surface area contributed by atoms with Crippen molar-refractivity contribution in [1.82, 2.24) is 5.01 Å². The normalized spacial score (nSPS) is 17.4. The van der Waals surface area contributed by atoms with Crippen molar-refractivity contribution >= 4 is 45.5 Å². The Morgan fingerprint density at radius 1 is 1.27 bits per heavy atom. The molecule has 10 heteroatoms. The van der Waals surface area contributed by atoms with Gasteiger partial charge in [-0.25, -0.2) is 0 Å². The molecule has 4 rings (SSSR count). The molecule has 1 N–H and O–H groups in total. The Morgan fingerprint density at radius 3 is 2.67 bits per heavy atom. The SMILES string of the molecule is CC(C)CC1=NN2C(=N)/C(=C/c3ccc(-c4ccc([N+](=O)[O-])cc4)o3)C(=O)N=C2S1. The first-order valence-corrected chi connectivity index (χ1v) is 9.97. The molecule has 30 heavy (non-hydrogen) atoms. The minimum absolute atomic E-state index is 0.0107. The van der Waals surface area contributed by atoms with Crippen LogP contribution in [-0.4, -0.2) is 31.9 Å². The van der Waals surface area contributed by atoms with Crippen molar-refractivity contribution in [2.45, 2.75) is 20.3 Å². The number of amidine groups is 2. The fourth-order valence-corrected chi connectivity index (χ4v) is 4.04. The molecule has 0 aliphatic carbocycles. The van der Waals surface area contributed by atoms with Gasteiger partial charge in [0.1, 0.15) is 16.6 Å². The van der Waals surface area contributed by atoms with Crippen LogP contribution in [-0.2, 0) is 4.79 Å². The lowest BCUT2D eigenvalue weighted by molar-refractivity contribution is -0.384. The molecule has 0 unspecified atom stereocenters. The zero-order chi connectivity index (χ0) is 21.4. The Labute approximate surface area is 175 Å². The molecule has 2 aliphatic heterocycles. The van der Waals surface area contributed by atoms with Gasteiger partial charge < -0.3 is 4.42 Å². The lowest BCUT2D eigenvalue weighted by Crippen LogP contribution is -2.35. The lowest BCUT2D eigenvalue weighted by Gasteiger charge is -2.19. The second-order valence-corrected chi connectivity index (χ2v) is 8.16. The molecule has 1 amide bonds. The van der Waals surface area contributed by atoms with Gasteiger partial charge in [-0.3, -0.25) is 20.3 Å². The fraction of sp³-hybridized carbons (Fsp3) is 0.200. The number of nitro benzene ring substituents is 1. The molecule has 0 saturated carbocycles.